The van der Waals surface area contributed by atoms with E-state index >= 15 is 0 Å². The number of benzene rings is 2. The summed E-state index contributed by atoms with van der Waals surface area (Å²) < 4.78 is 39.0. The molecule has 0 spiro atoms. The molecule has 7 heteroatoms. The monoisotopic (exact) mass is 375 g/mol. The lowest BCUT2D eigenvalue weighted by Crippen LogP contribution is -2.29. The summed E-state index contributed by atoms with van der Waals surface area (Å²) >= 11 is 12.0. The lowest BCUT2D eigenvalue weighted by molar-refractivity contribution is -0.139. The average molecular weight is 376 g/mol. The van der Waals surface area contributed by atoms with E-state index in [9.17, 15) is 18.0 Å². The Kier molecular flexibility index (Phi) is 5.78. The smallest absolute Gasteiger partial charge is 0.341 e. The van der Waals surface area contributed by atoms with Gasteiger partial charge in [0.05, 0.1) is 12.0 Å². The topological polar surface area (TPSA) is 20.3 Å². The van der Waals surface area contributed by atoms with E-state index in [2.05, 4.69) is 0 Å². The molecular weight excluding hydrogens is 362 g/mol. The van der Waals surface area contributed by atoms with Gasteiger partial charge in [0.25, 0.3) is 0 Å². The van der Waals surface area contributed by atoms with Crippen molar-refractivity contribution in [1.82, 2.24) is 4.90 Å². The molecule has 0 bridgehead atoms. The van der Waals surface area contributed by atoms with E-state index in [-0.39, 0.29) is 24.4 Å². The van der Waals surface area contributed by atoms with E-state index in [1.54, 1.807) is 18.2 Å². The molecule has 0 N–H and O–H groups in total. The van der Waals surface area contributed by atoms with Crippen LogP contribution in [0.3, 0.4) is 0 Å². The lowest BCUT2D eigenvalue weighted by Gasteiger charge is -2.20. The second kappa shape index (κ2) is 7.45. The molecule has 0 saturated carbocycles. The first-order chi connectivity index (χ1) is 11.2. The van der Waals surface area contributed by atoms with Gasteiger partial charge in [-0.2, -0.15) is 13.2 Å². The van der Waals surface area contributed by atoms with Crippen molar-refractivity contribution in [3.8, 4) is 0 Å². The van der Waals surface area contributed by atoms with Gasteiger partial charge in [-0.15, -0.1) is 0 Å². The SMILES string of the molecule is CN(Cc1ccccc1C(F)(F)F)C(=O)Cc1c(Cl)cccc1Cl. The van der Waals surface area contributed by atoms with Crippen LogP contribution in [0.2, 0.25) is 10.0 Å². The largest absolute Gasteiger partial charge is 0.416 e. The van der Waals surface area contributed by atoms with Gasteiger partial charge in [0.1, 0.15) is 0 Å². The fourth-order valence-corrected chi connectivity index (χ4v) is 2.80. The van der Waals surface area contributed by atoms with Crippen LogP contribution >= 0.6 is 23.2 Å². The number of rotatable bonds is 4. The van der Waals surface area contributed by atoms with Gasteiger partial charge in [0, 0.05) is 23.6 Å². The number of likely N-dealkylation sites (N-methyl/N-ethyl adjacent to an activating group) is 1. The van der Waals surface area contributed by atoms with Crippen molar-refractivity contribution in [2.75, 3.05) is 7.05 Å². The maximum atomic E-state index is 13.0. The van der Waals surface area contributed by atoms with Crippen molar-refractivity contribution in [2.24, 2.45) is 0 Å². The molecule has 0 aliphatic heterocycles. The number of carbonyl (C=O) groups excluding carboxylic acids is 1. The summed E-state index contributed by atoms with van der Waals surface area (Å²) in [5.41, 5.74) is -0.256. The standard InChI is InChI=1S/C17H14Cl2F3NO/c1-23(10-11-5-2-3-6-13(11)17(20,21)22)16(24)9-12-14(18)7-4-8-15(12)19/h2-8H,9-10H2,1H3. The third-order valence-corrected chi connectivity index (χ3v) is 4.25. The van der Waals surface area contributed by atoms with Gasteiger partial charge >= 0.3 is 6.18 Å². The Labute approximate surface area is 147 Å². The summed E-state index contributed by atoms with van der Waals surface area (Å²) in [6.07, 6.45) is -4.55. The van der Waals surface area contributed by atoms with Crippen molar-refractivity contribution in [2.45, 2.75) is 19.1 Å². The highest BCUT2D eigenvalue weighted by molar-refractivity contribution is 6.36. The minimum atomic E-state index is -4.47. The van der Waals surface area contributed by atoms with Crippen LogP contribution in [-0.4, -0.2) is 17.9 Å². The van der Waals surface area contributed by atoms with E-state index in [1.165, 1.54) is 30.1 Å². The van der Waals surface area contributed by atoms with Crippen molar-refractivity contribution in [3.63, 3.8) is 0 Å². The average Bonchev–Trinajstić information content (AvgIpc) is 2.50. The van der Waals surface area contributed by atoms with Crippen LogP contribution in [0.25, 0.3) is 0 Å². The van der Waals surface area contributed by atoms with Gasteiger partial charge in [0.15, 0.2) is 0 Å². The van der Waals surface area contributed by atoms with Crippen LogP contribution in [0, 0.1) is 0 Å². The van der Waals surface area contributed by atoms with Gasteiger partial charge in [0.2, 0.25) is 5.91 Å². The Hall–Kier alpha value is -1.72. The molecule has 24 heavy (non-hydrogen) atoms. The maximum absolute atomic E-state index is 13.0. The Morgan fingerprint density at radius 1 is 1.04 bits per heavy atom. The van der Waals surface area contributed by atoms with Crippen molar-refractivity contribution in [1.29, 1.82) is 0 Å². The van der Waals surface area contributed by atoms with Crippen LogP contribution in [-0.2, 0) is 23.9 Å². The first-order valence-corrected chi connectivity index (χ1v) is 7.77. The summed E-state index contributed by atoms with van der Waals surface area (Å²) in [5, 5.41) is 0.694. The molecule has 0 saturated heterocycles. The van der Waals surface area contributed by atoms with Gasteiger partial charge in [-0.3, -0.25) is 4.79 Å². The Morgan fingerprint density at radius 2 is 1.62 bits per heavy atom. The molecule has 2 aromatic carbocycles. The highest BCUT2D eigenvalue weighted by atomic mass is 35.5. The van der Waals surface area contributed by atoms with Crippen LogP contribution < -0.4 is 0 Å². The van der Waals surface area contributed by atoms with E-state index in [0.717, 1.165) is 6.07 Å². The van der Waals surface area contributed by atoms with Crippen molar-refractivity contribution in [3.05, 3.63) is 69.2 Å². The molecule has 0 aromatic heterocycles. The number of carbonyl (C=O) groups is 1. The third-order valence-electron chi connectivity index (χ3n) is 3.55. The summed E-state index contributed by atoms with van der Waals surface area (Å²) in [7, 11) is 1.44. The number of amides is 1. The number of alkyl halides is 3. The van der Waals surface area contributed by atoms with E-state index in [1.807, 2.05) is 0 Å². The fourth-order valence-electron chi connectivity index (χ4n) is 2.27. The molecule has 0 fully saturated rings. The minimum absolute atomic E-state index is 0.0334. The maximum Gasteiger partial charge on any atom is 0.416 e. The Bertz CT molecular complexity index is 727. The molecule has 2 aromatic rings. The van der Waals surface area contributed by atoms with Crippen LogP contribution in [0.5, 0.6) is 0 Å². The molecule has 0 unspecified atom stereocenters. The zero-order valence-electron chi connectivity index (χ0n) is 12.7. The number of halogens is 5. The Morgan fingerprint density at radius 3 is 2.21 bits per heavy atom. The lowest BCUT2D eigenvalue weighted by atomic mass is 10.1. The number of hydrogen-bond donors (Lipinski definition) is 0. The minimum Gasteiger partial charge on any atom is -0.341 e. The summed E-state index contributed by atoms with van der Waals surface area (Å²) in [5.74, 6) is -0.373. The number of nitrogens with zero attached hydrogens (tertiary/aromatic N) is 1. The highest BCUT2D eigenvalue weighted by Gasteiger charge is 2.33. The van der Waals surface area contributed by atoms with Crippen LogP contribution in [0.4, 0.5) is 13.2 Å². The molecule has 0 heterocycles. The normalized spacial score (nSPS) is 11.4. The predicted octanol–water partition coefficient (Wildman–Crippen LogP) is 5.21. The fraction of sp³-hybridized carbons (Fsp3) is 0.235. The number of hydrogen-bond acceptors (Lipinski definition) is 1. The molecule has 0 aliphatic carbocycles. The van der Waals surface area contributed by atoms with Gasteiger partial charge in [-0.25, -0.2) is 0 Å². The van der Waals surface area contributed by atoms with Crippen molar-refractivity contribution < 1.29 is 18.0 Å². The summed E-state index contributed by atoms with van der Waals surface area (Å²) in [4.78, 5) is 13.5. The van der Waals surface area contributed by atoms with E-state index in [4.69, 9.17) is 23.2 Å². The first-order valence-electron chi connectivity index (χ1n) is 7.02. The van der Waals surface area contributed by atoms with Crippen LogP contribution in [0.1, 0.15) is 16.7 Å². The van der Waals surface area contributed by atoms with Gasteiger partial charge < -0.3 is 4.90 Å². The highest BCUT2D eigenvalue weighted by Crippen LogP contribution is 2.32. The molecule has 0 radical (unpaired) electrons. The predicted molar refractivity (Wildman–Crippen MR) is 88.1 cm³/mol. The summed E-state index contributed by atoms with van der Waals surface area (Å²) in [6.45, 7) is -0.156. The molecule has 128 valence electrons. The first kappa shape index (κ1) is 18.6. The Balaban J connectivity index is 2.16. The van der Waals surface area contributed by atoms with Gasteiger partial charge in [-0.1, -0.05) is 47.5 Å². The molecule has 2 rings (SSSR count). The zero-order valence-corrected chi connectivity index (χ0v) is 14.2. The summed E-state index contributed by atoms with van der Waals surface area (Å²) in [6, 6.07) is 10.0. The second-order valence-electron chi connectivity index (χ2n) is 5.28. The quantitative estimate of drug-likeness (QED) is 0.717. The molecule has 0 atom stereocenters. The molecule has 1 amide bonds. The molecule has 2 nitrogen and oxygen atoms in total. The zero-order chi connectivity index (χ0) is 17.9. The van der Waals surface area contributed by atoms with E-state index < -0.39 is 11.7 Å². The van der Waals surface area contributed by atoms with Crippen molar-refractivity contribution >= 4 is 29.1 Å². The molecule has 0 aliphatic rings. The molecular formula is C17H14Cl2F3NO. The van der Waals surface area contributed by atoms with E-state index in [0.29, 0.717) is 15.6 Å². The van der Waals surface area contributed by atoms with Gasteiger partial charge in [-0.05, 0) is 29.3 Å². The van der Waals surface area contributed by atoms with Crippen LogP contribution in [0.15, 0.2) is 42.5 Å². The second-order valence-corrected chi connectivity index (χ2v) is 6.10. The third kappa shape index (κ3) is 4.42.